The second-order valence-electron chi connectivity index (χ2n) is 5.28. The molecule has 0 saturated carbocycles. The van der Waals surface area contributed by atoms with Gasteiger partial charge in [-0.05, 0) is 23.8 Å². The van der Waals surface area contributed by atoms with Crippen LogP contribution in [0.5, 0.6) is 5.75 Å². The molecule has 2 aromatic heterocycles. The highest BCUT2D eigenvalue weighted by molar-refractivity contribution is 5.95. The largest absolute Gasteiger partial charge is 0.480 e. The van der Waals surface area contributed by atoms with Crippen molar-refractivity contribution in [3.63, 3.8) is 0 Å². The number of carbonyl (C=O) groups excluding carboxylic acids is 1. The van der Waals surface area contributed by atoms with Gasteiger partial charge in [0.15, 0.2) is 6.10 Å². The Balaban J connectivity index is 1.44. The van der Waals surface area contributed by atoms with Crippen LogP contribution in [0.2, 0.25) is 0 Å². The number of rotatable bonds is 3. The zero-order chi connectivity index (χ0) is 15.6. The lowest BCUT2D eigenvalue weighted by atomic mass is 10.1. The Morgan fingerprint density at radius 1 is 1.26 bits per heavy atom. The standard InChI is InChI=1S/C17H14N4O2/c22-17(15-9-12-3-1-2-4-14(12)23-15)20-13-5-6-16(19-10-13)21-8-7-18-11-21/h1-8,10-11,15H,9H2,(H,20,22). The minimum Gasteiger partial charge on any atom is -0.480 e. The average Bonchev–Trinajstić information content (AvgIpc) is 3.25. The maximum atomic E-state index is 12.3. The van der Waals surface area contributed by atoms with E-state index in [-0.39, 0.29) is 5.91 Å². The lowest BCUT2D eigenvalue weighted by molar-refractivity contribution is -0.122. The SMILES string of the molecule is O=C(Nc1ccc(-n2ccnc2)nc1)C1Cc2ccccc2O1. The van der Waals surface area contributed by atoms with Gasteiger partial charge in [-0.2, -0.15) is 0 Å². The van der Waals surface area contributed by atoms with Crippen molar-refractivity contribution in [1.82, 2.24) is 14.5 Å². The van der Waals surface area contributed by atoms with Crippen molar-refractivity contribution in [2.24, 2.45) is 0 Å². The maximum absolute atomic E-state index is 12.3. The molecule has 0 spiro atoms. The summed E-state index contributed by atoms with van der Waals surface area (Å²) in [6, 6.07) is 11.3. The molecule has 1 amide bonds. The highest BCUT2D eigenvalue weighted by Gasteiger charge is 2.28. The van der Waals surface area contributed by atoms with Gasteiger partial charge in [0.05, 0.1) is 11.9 Å². The first-order chi connectivity index (χ1) is 11.3. The molecule has 0 aliphatic carbocycles. The predicted octanol–water partition coefficient (Wildman–Crippen LogP) is 2.21. The molecule has 0 bridgehead atoms. The van der Waals surface area contributed by atoms with Gasteiger partial charge < -0.3 is 10.1 Å². The van der Waals surface area contributed by atoms with Crippen molar-refractivity contribution in [3.8, 4) is 11.6 Å². The molecule has 1 aliphatic rings. The van der Waals surface area contributed by atoms with E-state index in [0.717, 1.165) is 17.1 Å². The van der Waals surface area contributed by atoms with Crippen molar-refractivity contribution in [3.05, 3.63) is 66.9 Å². The molecule has 6 nitrogen and oxygen atoms in total. The first-order valence-electron chi connectivity index (χ1n) is 7.29. The van der Waals surface area contributed by atoms with Gasteiger partial charge in [-0.25, -0.2) is 9.97 Å². The van der Waals surface area contributed by atoms with E-state index in [0.29, 0.717) is 12.1 Å². The third kappa shape index (κ3) is 2.66. The third-order valence-corrected chi connectivity index (χ3v) is 3.72. The van der Waals surface area contributed by atoms with Gasteiger partial charge in [0.2, 0.25) is 0 Å². The number of hydrogen-bond acceptors (Lipinski definition) is 4. The van der Waals surface area contributed by atoms with E-state index in [4.69, 9.17) is 4.74 Å². The van der Waals surface area contributed by atoms with Crippen LogP contribution in [-0.2, 0) is 11.2 Å². The quantitative estimate of drug-likeness (QED) is 0.805. The molecular formula is C17H14N4O2. The Kier molecular flexibility index (Phi) is 3.27. The molecule has 0 fully saturated rings. The van der Waals surface area contributed by atoms with Gasteiger partial charge in [0.25, 0.3) is 5.91 Å². The number of para-hydroxylation sites is 1. The fraction of sp³-hybridized carbons (Fsp3) is 0.118. The number of pyridine rings is 1. The summed E-state index contributed by atoms with van der Waals surface area (Å²) in [6.07, 6.45) is 6.87. The number of aromatic nitrogens is 3. The number of nitrogens with zero attached hydrogens (tertiary/aromatic N) is 3. The van der Waals surface area contributed by atoms with Crippen LogP contribution in [0.15, 0.2) is 61.3 Å². The van der Waals surface area contributed by atoms with Crippen LogP contribution in [0.1, 0.15) is 5.56 Å². The maximum Gasteiger partial charge on any atom is 0.265 e. The molecule has 114 valence electrons. The molecular weight excluding hydrogens is 292 g/mol. The van der Waals surface area contributed by atoms with Crippen molar-refractivity contribution in [2.75, 3.05) is 5.32 Å². The number of amides is 1. The molecule has 1 unspecified atom stereocenters. The smallest absolute Gasteiger partial charge is 0.265 e. The molecule has 1 N–H and O–H groups in total. The minimum absolute atomic E-state index is 0.168. The molecule has 3 heterocycles. The van der Waals surface area contributed by atoms with E-state index in [2.05, 4.69) is 15.3 Å². The van der Waals surface area contributed by atoms with Crippen LogP contribution in [0.3, 0.4) is 0 Å². The number of anilines is 1. The van der Waals surface area contributed by atoms with E-state index >= 15 is 0 Å². The molecule has 1 atom stereocenters. The summed E-state index contributed by atoms with van der Waals surface area (Å²) in [5.74, 6) is 1.35. The number of fused-ring (bicyclic) bond motifs is 1. The number of benzene rings is 1. The Hall–Kier alpha value is -3.15. The van der Waals surface area contributed by atoms with E-state index < -0.39 is 6.10 Å². The number of imidazole rings is 1. The summed E-state index contributed by atoms with van der Waals surface area (Å²) >= 11 is 0. The van der Waals surface area contributed by atoms with Crippen LogP contribution < -0.4 is 10.1 Å². The first-order valence-corrected chi connectivity index (χ1v) is 7.29. The summed E-state index contributed by atoms with van der Waals surface area (Å²) in [6.45, 7) is 0. The third-order valence-electron chi connectivity index (χ3n) is 3.72. The minimum atomic E-state index is -0.499. The summed E-state index contributed by atoms with van der Waals surface area (Å²) in [7, 11) is 0. The zero-order valence-corrected chi connectivity index (χ0v) is 12.2. The number of carbonyl (C=O) groups is 1. The molecule has 3 aromatic rings. The fourth-order valence-corrected chi connectivity index (χ4v) is 2.56. The molecule has 0 saturated heterocycles. The van der Waals surface area contributed by atoms with Crippen molar-refractivity contribution in [1.29, 1.82) is 0 Å². The molecule has 4 rings (SSSR count). The van der Waals surface area contributed by atoms with Crippen LogP contribution in [0.4, 0.5) is 5.69 Å². The molecule has 6 heteroatoms. The average molecular weight is 306 g/mol. The number of nitrogens with one attached hydrogen (secondary N) is 1. The van der Waals surface area contributed by atoms with Crippen molar-refractivity contribution < 1.29 is 9.53 Å². The van der Waals surface area contributed by atoms with Crippen LogP contribution in [0, 0.1) is 0 Å². The van der Waals surface area contributed by atoms with Gasteiger partial charge in [-0.3, -0.25) is 9.36 Å². The second-order valence-corrected chi connectivity index (χ2v) is 5.28. The first kappa shape index (κ1) is 13.5. The Bertz CT molecular complexity index is 803. The van der Waals surface area contributed by atoms with Gasteiger partial charge in [-0.1, -0.05) is 18.2 Å². The summed E-state index contributed by atoms with van der Waals surface area (Å²) in [5.41, 5.74) is 1.69. The summed E-state index contributed by atoms with van der Waals surface area (Å²) in [5, 5.41) is 2.84. The Morgan fingerprint density at radius 2 is 2.17 bits per heavy atom. The Labute approximate surface area is 132 Å². The summed E-state index contributed by atoms with van der Waals surface area (Å²) < 4.78 is 7.47. The normalized spacial score (nSPS) is 15.7. The lowest BCUT2D eigenvalue weighted by Gasteiger charge is -2.11. The van der Waals surface area contributed by atoms with Crippen LogP contribution >= 0.6 is 0 Å². The second kappa shape index (κ2) is 5.57. The van der Waals surface area contributed by atoms with Gasteiger partial charge in [-0.15, -0.1) is 0 Å². The lowest BCUT2D eigenvalue weighted by Crippen LogP contribution is -2.31. The predicted molar refractivity (Wildman–Crippen MR) is 84.6 cm³/mol. The van der Waals surface area contributed by atoms with Gasteiger partial charge in [0, 0.05) is 18.8 Å². The van der Waals surface area contributed by atoms with E-state index in [1.807, 2.05) is 42.6 Å². The van der Waals surface area contributed by atoms with E-state index in [1.54, 1.807) is 23.3 Å². The topological polar surface area (TPSA) is 69.0 Å². The number of hydrogen-bond donors (Lipinski definition) is 1. The van der Waals surface area contributed by atoms with Gasteiger partial charge in [0.1, 0.15) is 17.9 Å². The monoisotopic (exact) mass is 306 g/mol. The van der Waals surface area contributed by atoms with E-state index in [1.165, 1.54) is 0 Å². The number of ether oxygens (including phenoxy) is 1. The highest BCUT2D eigenvalue weighted by Crippen LogP contribution is 2.28. The van der Waals surface area contributed by atoms with Crippen LogP contribution in [-0.4, -0.2) is 26.5 Å². The zero-order valence-electron chi connectivity index (χ0n) is 12.2. The van der Waals surface area contributed by atoms with Crippen molar-refractivity contribution >= 4 is 11.6 Å². The molecule has 0 radical (unpaired) electrons. The molecule has 1 aromatic carbocycles. The molecule has 23 heavy (non-hydrogen) atoms. The van der Waals surface area contributed by atoms with Crippen molar-refractivity contribution in [2.45, 2.75) is 12.5 Å². The van der Waals surface area contributed by atoms with E-state index in [9.17, 15) is 4.79 Å². The Morgan fingerprint density at radius 3 is 2.91 bits per heavy atom. The van der Waals surface area contributed by atoms with Gasteiger partial charge >= 0.3 is 0 Å². The molecule has 1 aliphatic heterocycles. The van der Waals surface area contributed by atoms with Crippen LogP contribution in [0.25, 0.3) is 5.82 Å². The highest BCUT2D eigenvalue weighted by atomic mass is 16.5. The summed E-state index contributed by atoms with van der Waals surface area (Å²) in [4.78, 5) is 20.6. The fourth-order valence-electron chi connectivity index (χ4n) is 2.56.